The Balaban J connectivity index is 2.69. The molecule has 0 bridgehead atoms. The van der Waals surface area contributed by atoms with Crippen LogP contribution in [-0.2, 0) is 4.79 Å². The van der Waals surface area contributed by atoms with E-state index in [-0.39, 0.29) is 5.78 Å². The van der Waals surface area contributed by atoms with Gasteiger partial charge in [-0.3, -0.25) is 4.79 Å². The van der Waals surface area contributed by atoms with E-state index in [4.69, 9.17) is 16.3 Å². The average molecular weight is 268 g/mol. The third-order valence-electron chi connectivity index (χ3n) is 2.38. The standard InChI is InChI=1S/C14H18ClNO2/c1-10-9-12(15)5-6-14(10)18-11(2)13(17)7-8-16(3)4/h5-9,11H,1-4H3/b8-7-. The Labute approximate surface area is 113 Å². The monoisotopic (exact) mass is 267 g/mol. The predicted octanol–water partition coefficient (Wildman–Crippen LogP) is 3.06. The number of nitrogens with zero attached hydrogens (tertiary/aromatic N) is 1. The Morgan fingerprint density at radius 1 is 1.44 bits per heavy atom. The summed E-state index contributed by atoms with van der Waals surface area (Å²) >= 11 is 5.86. The van der Waals surface area contributed by atoms with Crippen molar-refractivity contribution in [1.29, 1.82) is 0 Å². The van der Waals surface area contributed by atoms with Gasteiger partial charge in [-0.2, -0.15) is 0 Å². The first-order chi connectivity index (χ1) is 8.40. The SMILES string of the molecule is Cc1cc(Cl)ccc1OC(C)C(=O)/C=C\N(C)C. The van der Waals surface area contributed by atoms with E-state index in [9.17, 15) is 4.79 Å². The summed E-state index contributed by atoms with van der Waals surface area (Å²) in [5.41, 5.74) is 0.915. The fourth-order valence-corrected chi connectivity index (χ4v) is 1.58. The lowest BCUT2D eigenvalue weighted by Crippen LogP contribution is -2.22. The maximum absolute atomic E-state index is 11.8. The summed E-state index contributed by atoms with van der Waals surface area (Å²) < 4.78 is 5.62. The number of ketones is 1. The number of hydrogen-bond donors (Lipinski definition) is 0. The zero-order chi connectivity index (χ0) is 13.7. The smallest absolute Gasteiger partial charge is 0.197 e. The molecule has 1 aromatic rings. The normalized spacial score (nSPS) is 12.5. The summed E-state index contributed by atoms with van der Waals surface area (Å²) in [6.45, 7) is 3.63. The van der Waals surface area contributed by atoms with Gasteiger partial charge in [0.25, 0.3) is 0 Å². The highest BCUT2D eigenvalue weighted by atomic mass is 35.5. The third kappa shape index (κ3) is 4.41. The van der Waals surface area contributed by atoms with Crippen molar-refractivity contribution in [3.8, 4) is 5.75 Å². The molecule has 4 heteroatoms. The molecule has 0 N–H and O–H groups in total. The number of hydrogen-bond acceptors (Lipinski definition) is 3. The second-order valence-electron chi connectivity index (χ2n) is 4.35. The molecule has 0 aromatic heterocycles. The highest BCUT2D eigenvalue weighted by Crippen LogP contribution is 2.22. The van der Waals surface area contributed by atoms with E-state index >= 15 is 0 Å². The van der Waals surface area contributed by atoms with Crippen molar-refractivity contribution < 1.29 is 9.53 Å². The van der Waals surface area contributed by atoms with Gasteiger partial charge in [0.1, 0.15) is 5.75 Å². The predicted molar refractivity (Wildman–Crippen MR) is 74.1 cm³/mol. The number of rotatable bonds is 5. The van der Waals surface area contributed by atoms with Crippen LogP contribution in [0.1, 0.15) is 12.5 Å². The maximum atomic E-state index is 11.8. The molecule has 0 saturated heterocycles. The summed E-state index contributed by atoms with van der Waals surface area (Å²) in [7, 11) is 3.72. The van der Waals surface area contributed by atoms with E-state index in [2.05, 4.69) is 0 Å². The number of benzene rings is 1. The van der Waals surface area contributed by atoms with Crippen LogP contribution in [0, 0.1) is 6.92 Å². The molecule has 18 heavy (non-hydrogen) atoms. The van der Waals surface area contributed by atoms with Gasteiger partial charge < -0.3 is 9.64 Å². The van der Waals surface area contributed by atoms with Gasteiger partial charge in [0.2, 0.25) is 0 Å². The van der Waals surface area contributed by atoms with Crippen LogP contribution in [0.25, 0.3) is 0 Å². The molecular formula is C14H18ClNO2. The number of carbonyl (C=O) groups is 1. The van der Waals surface area contributed by atoms with E-state index < -0.39 is 6.10 Å². The van der Waals surface area contributed by atoms with E-state index in [1.807, 2.05) is 27.1 Å². The molecule has 0 spiro atoms. The van der Waals surface area contributed by atoms with Crippen molar-refractivity contribution in [1.82, 2.24) is 4.90 Å². The lowest BCUT2D eigenvalue weighted by Gasteiger charge is -2.14. The Hall–Kier alpha value is -1.48. The quantitative estimate of drug-likeness (QED) is 0.768. The largest absolute Gasteiger partial charge is 0.482 e. The third-order valence-corrected chi connectivity index (χ3v) is 2.61. The van der Waals surface area contributed by atoms with E-state index in [1.165, 1.54) is 6.08 Å². The molecule has 0 heterocycles. The zero-order valence-corrected chi connectivity index (χ0v) is 11.9. The minimum Gasteiger partial charge on any atom is -0.482 e. The van der Waals surface area contributed by atoms with Crippen molar-refractivity contribution in [2.45, 2.75) is 20.0 Å². The van der Waals surface area contributed by atoms with Crippen LogP contribution in [0.4, 0.5) is 0 Å². The lowest BCUT2D eigenvalue weighted by atomic mass is 10.2. The summed E-state index contributed by atoms with van der Waals surface area (Å²) in [5.74, 6) is 0.608. The number of aryl methyl sites for hydroxylation is 1. The Morgan fingerprint density at radius 3 is 2.67 bits per heavy atom. The molecule has 0 amide bonds. The van der Waals surface area contributed by atoms with Gasteiger partial charge in [-0.15, -0.1) is 0 Å². The molecule has 98 valence electrons. The van der Waals surface area contributed by atoms with E-state index in [0.29, 0.717) is 10.8 Å². The highest BCUT2D eigenvalue weighted by molar-refractivity contribution is 6.30. The van der Waals surface area contributed by atoms with E-state index in [0.717, 1.165) is 5.56 Å². The number of halogens is 1. The molecule has 0 saturated carbocycles. The summed E-state index contributed by atoms with van der Waals surface area (Å²) in [6, 6.07) is 5.33. The summed E-state index contributed by atoms with van der Waals surface area (Å²) in [5, 5.41) is 0.659. The van der Waals surface area contributed by atoms with Crippen molar-refractivity contribution in [2.75, 3.05) is 14.1 Å². The van der Waals surface area contributed by atoms with Gasteiger partial charge in [-0.1, -0.05) is 11.6 Å². The summed E-state index contributed by atoms with van der Waals surface area (Å²) in [4.78, 5) is 13.6. The molecule has 0 aliphatic rings. The molecule has 0 radical (unpaired) electrons. The molecule has 0 aliphatic heterocycles. The van der Waals surface area contributed by atoms with Gasteiger partial charge in [0, 0.05) is 31.4 Å². The van der Waals surface area contributed by atoms with Gasteiger partial charge in [-0.25, -0.2) is 0 Å². The number of ether oxygens (including phenoxy) is 1. The van der Waals surface area contributed by atoms with Crippen LogP contribution in [0.15, 0.2) is 30.5 Å². The fraction of sp³-hybridized carbons (Fsp3) is 0.357. The van der Waals surface area contributed by atoms with Crippen LogP contribution < -0.4 is 4.74 Å². The first-order valence-corrected chi connectivity index (χ1v) is 6.09. The Morgan fingerprint density at radius 2 is 2.11 bits per heavy atom. The van der Waals surface area contributed by atoms with Crippen LogP contribution in [0.2, 0.25) is 5.02 Å². The second-order valence-corrected chi connectivity index (χ2v) is 4.79. The van der Waals surface area contributed by atoms with Gasteiger partial charge in [0.05, 0.1) is 0 Å². The highest BCUT2D eigenvalue weighted by Gasteiger charge is 2.13. The first kappa shape index (κ1) is 14.6. The lowest BCUT2D eigenvalue weighted by molar-refractivity contribution is -0.120. The Bertz CT molecular complexity index is 455. The van der Waals surface area contributed by atoms with Crippen molar-refractivity contribution in [3.63, 3.8) is 0 Å². The first-order valence-electron chi connectivity index (χ1n) is 5.71. The zero-order valence-electron chi connectivity index (χ0n) is 11.1. The van der Waals surface area contributed by atoms with E-state index in [1.54, 1.807) is 30.2 Å². The topological polar surface area (TPSA) is 29.5 Å². The number of carbonyl (C=O) groups excluding carboxylic acids is 1. The minimum atomic E-state index is -0.513. The average Bonchev–Trinajstić information content (AvgIpc) is 2.29. The van der Waals surface area contributed by atoms with Crippen molar-refractivity contribution in [2.24, 2.45) is 0 Å². The molecule has 1 rings (SSSR count). The molecule has 3 nitrogen and oxygen atoms in total. The summed E-state index contributed by atoms with van der Waals surface area (Å²) in [6.07, 6.45) is 2.70. The molecule has 1 aromatic carbocycles. The fourth-order valence-electron chi connectivity index (χ4n) is 1.35. The van der Waals surface area contributed by atoms with Gasteiger partial charge >= 0.3 is 0 Å². The maximum Gasteiger partial charge on any atom is 0.197 e. The second kappa shape index (κ2) is 6.45. The molecule has 1 unspecified atom stereocenters. The van der Waals surface area contributed by atoms with Crippen molar-refractivity contribution in [3.05, 3.63) is 41.1 Å². The minimum absolute atomic E-state index is 0.0712. The molecule has 0 aliphatic carbocycles. The molecule has 0 fully saturated rings. The van der Waals surface area contributed by atoms with Crippen LogP contribution in [0.3, 0.4) is 0 Å². The van der Waals surface area contributed by atoms with Gasteiger partial charge in [-0.05, 0) is 37.6 Å². The van der Waals surface area contributed by atoms with Gasteiger partial charge in [0.15, 0.2) is 11.9 Å². The van der Waals surface area contributed by atoms with Crippen LogP contribution >= 0.6 is 11.6 Å². The van der Waals surface area contributed by atoms with Crippen LogP contribution in [0.5, 0.6) is 5.75 Å². The van der Waals surface area contributed by atoms with Crippen LogP contribution in [-0.4, -0.2) is 30.9 Å². The van der Waals surface area contributed by atoms with Crippen molar-refractivity contribution >= 4 is 17.4 Å². The molecular weight excluding hydrogens is 250 g/mol. The Kier molecular flexibility index (Phi) is 5.23. The molecule has 1 atom stereocenters.